The smallest absolute Gasteiger partial charge is 0.394 e. The van der Waals surface area contributed by atoms with Crippen molar-refractivity contribution >= 4 is 6.16 Å². The van der Waals surface area contributed by atoms with Crippen LogP contribution in [0.15, 0.2) is 24.3 Å². The summed E-state index contributed by atoms with van der Waals surface area (Å²) in [6.07, 6.45) is 0.919. The summed E-state index contributed by atoms with van der Waals surface area (Å²) in [6.45, 7) is 12.0. The molecule has 0 N–H and O–H groups in total. The highest BCUT2D eigenvalue weighted by Crippen LogP contribution is 2.30. The molecule has 0 unspecified atom stereocenters. The fourth-order valence-electron chi connectivity index (χ4n) is 2.72. The third-order valence-electron chi connectivity index (χ3n) is 4.65. The number of hydrogen-bond acceptors (Lipinski definition) is 3. The summed E-state index contributed by atoms with van der Waals surface area (Å²) in [7, 11) is 0. The number of aryl methyl sites for hydroxylation is 4. The van der Waals surface area contributed by atoms with Gasteiger partial charge in [0.2, 0.25) is 0 Å². The molecule has 0 heterocycles. The molecule has 0 amide bonds. The molecule has 0 aliphatic rings. The van der Waals surface area contributed by atoms with E-state index >= 15 is 0 Å². The highest BCUT2D eigenvalue weighted by molar-refractivity contribution is 5.70. The highest BCUT2D eigenvalue weighted by Gasteiger charge is 2.18. The summed E-state index contributed by atoms with van der Waals surface area (Å²) in [5, 5.41) is 0. The van der Waals surface area contributed by atoms with E-state index in [1.54, 1.807) is 0 Å². The lowest BCUT2D eigenvalue weighted by Gasteiger charge is -2.16. The Bertz CT molecular complexity index is 697. The number of rotatable bonds is 4. The van der Waals surface area contributed by atoms with Crippen molar-refractivity contribution in [3.8, 4) is 11.5 Å². The van der Waals surface area contributed by atoms with Crippen molar-refractivity contribution in [3.05, 3.63) is 57.6 Å². The first-order chi connectivity index (χ1) is 11.4. The van der Waals surface area contributed by atoms with Gasteiger partial charge < -0.3 is 9.47 Å². The molecule has 0 aliphatic heterocycles. The van der Waals surface area contributed by atoms with Crippen molar-refractivity contribution in [1.29, 1.82) is 0 Å². The maximum Gasteiger partial charge on any atom is 0.519 e. The van der Waals surface area contributed by atoms with Crippen molar-refractivity contribution in [1.82, 2.24) is 0 Å². The van der Waals surface area contributed by atoms with Crippen LogP contribution in [0.4, 0.5) is 4.79 Å². The summed E-state index contributed by atoms with van der Waals surface area (Å²) in [5.74, 6) is 1.23. The summed E-state index contributed by atoms with van der Waals surface area (Å²) in [6, 6.07) is 8.10. The van der Waals surface area contributed by atoms with E-state index in [4.69, 9.17) is 9.47 Å². The molecule has 3 nitrogen and oxygen atoms in total. The first-order valence-electron chi connectivity index (χ1n) is 8.46. The molecule has 0 saturated heterocycles. The molecule has 0 bridgehead atoms. The Labute approximate surface area is 144 Å². The molecule has 0 atom stereocenters. The molecule has 0 fully saturated rings. The molecule has 128 valence electrons. The third-order valence-corrected chi connectivity index (χ3v) is 4.65. The van der Waals surface area contributed by atoms with E-state index in [9.17, 15) is 4.79 Å². The third kappa shape index (κ3) is 3.61. The van der Waals surface area contributed by atoms with E-state index in [-0.39, 0.29) is 0 Å². The quantitative estimate of drug-likeness (QED) is 0.540. The summed E-state index contributed by atoms with van der Waals surface area (Å²) < 4.78 is 11.2. The maximum absolute atomic E-state index is 12.4. The lowest BCUT2D eigenvalue weighted by atomic mass is 10.0. The molecule has 0 aromatic heterocycles. The SMILES string of the molecule is CCc1ccc(C)c(C)c1OC(=O)Oc1c(CC)ccc(C)c1C. The Morgan fingerprint density at radius 2 is 1.12 bits per heavy atom. The zero-order chi connectivity index (χ0) is 17.9. The van der Waals surface area contributed by atoms with Crippen LogP contribution in [0.5, 0.6) is 11.5 Å². The van der Waals surface area contributed by atoms with E-state index in [1.807, 2.05) is 65.8 Å². The topological polar surface area (TPSA) is 35.5 Å². The Hall–Kier alpha value is -2.29. The minimum atomic E-state index is -0.679. The van der Waals surface area contributed by atoms with Gasteiger partial charge in [-0.1, -0.05) is 38.1 Å². The highest BCUT2D eigenvalue weighted by atomic mass is 16.7. The number of benzene rings is 2. The molecule has 0 spiro atoms. The fraction of sp³-hybridized carbons (Fsp3) is 0.381. The molecule has 0 aliphatic carbocycles. The predicted molar refractivity (Wildman–Crippen MR) is 97.2 cm³/mol. The van der Waals surface area contributed by atoms with E-state index in [0.717, 1.165) is 46.2 Å². The van der Waals surface area contributed by atoms with Crippen molar-refractivity contribution in [2.75, 3.05) is 0 Å². The number of ether oxygens (including phenoxy) is 2. The van der Waals surface area contributed by atoms with E-state index in [2.05, 4.69) is 0 Å². The predicted octanol–water partition coefficient (Wildman–Crippen LogP) is 5.62. The first-order valence-corrected chi connectivity index (χ1v) is 8.46. The minimum Gasteiger partial charge on any atom is -0.394 e. The average Bonchev–Trinajstić information content (AvgIpc) is 2.56. The second kappa shape index (κ2) is 7.52. The van der Waals surface area contributed by atoms with E-state index in [0.29, 0.717) is 11.5 Å². The van der Waals surface area contributed by atoms with Gasteiger partial charge in [0.1, 0.15) is 11.5 Å². The van der Waals surface area contributed by atoms with Gasteiger partial charge in [0.25, 0.3) is 0 Å². The average molecular weight is 326 g/mol. The lowest BCUT2D eigenvalue weighted by molar-refractivity contribution is 0.150. The molecule has 2 rings (SSSR count). The summed E-state index contributed by atoms with van der Waals surface area (Å²) >= 11 is 0. The summed E-state index contributed by atoms with van der Waals surface area (Å²) in [4.78, 5) is 12.4. The zero-order valence-electron chi connectivity index (χ0n) is 15.4. The Morgan fingerprint density at radius 1 is 0.750 bits per heavy atom. The van der Waals surface area contributed by atoms with Gasteiger partial charge in [-0.15, -0.1) is 0 Å². The number of hydrogen-bond donors (Lipinski definition) is 0. The fourth-order valence-corrected chi connectivity index (χ4v) is 2.72. The normalized spacial score (nSPS) is 10.6. The van der Waals surface area contributed by atoms with Gasteiger partial charge in [-0.05, 0) is 73.9 Å². The zero-order valence-corrected chi connectivity index (χ0v) is 15.4. The molecule has 0 radical (unpaired) electrons. The van der Waals surface area contributed by atoms with Crippen LogP contribution in [0.25, 0.3) is 0 Å². The van der Waals surface area contributed by atoms with Crippen molar-refractivity contribution < 1.29 is 14.3 Å². The van der Waals surface area contributed by atoms with Gasteiger partial charge in [0, 0.05) is 0 Å². The second-order valence-electron chi connectivity index (χ2n) is 6.15. The first kappa shape index (κ1) is 18.1. The van der Waals surface area contributed by atoms with Crippen LogP contribution in [0.1, 0.15) is 47.2 Å². The number of carbonyl (C=O) groups is 1. The lowest BCUT2D eigenvalue weighted by Crippen LogP contribution is -2.17. The van der Waals surface area contributed by atoms with Crippen LogP contribution in [0, 0.1) is 27.7 Å². The molecule has 3 heteroatoms. The van der Waals surface area contributed by atoms with Crippen LogP contribution in [-0.4, -0.2) is 6.16 Å². The van der Waals surface area contributed by atoms with Crippen LogP contribution in [0.2, 0.25) is 0 Å². The molecule has 2 aromatic carbocycles. The van der Waals surface area contributed by atoms with Crippen molar-refractivity contribution in [2.24, 2.45) is 0 Å². The molecular weight excluding hydrogens is 300 g/mol. The van der Waals surface area contributed by atoms with Crippen LogP contribution in [0.3, 0.4) is 0 Å². The van der Waals surface area contributed by atoms with Crippen LogP contribution >= 0.6 is 0 Å². The van der Waals surface area contributed by atoms with Crippen LogP contribution < -0.4 is 9.47 Å². The minimum absolute atomic E-state index is 0.617. The molecular formula is C21H26O3. The maximum atomic E-state index is 12.4. The van der Waals surface area contributed by atoms with E-state index in [1.165, 1.54) is 0 Å². The Balaban J connectivity index is 2.30. The largest absolute Gasteiger partial charge is 0.519 e. The Morgan fingerprint density at radius 3 is 1.46 bits per heavy atom. The van der Waals surface area contributed by atoms with Gasteiger partial charge in [-0.25, -0.2) is 4.79 Å². The van der Waals surface area contributed by atoms with Gasteiger partial charge in [-0.2, -0.15) is 0 Å². The molecule has 2 aromatic rings. The van der Waals surface area contributed by atoms with Crippen LogP contribution in [-0.2, 0) is 12.8 Å². The molecule has 24 heavy (non-hydrogen) atoms. The molecule has 0 saturated carbocycles. The standard InChI is InChI=1S/C21H26O3/c1-7-17-11-9-13(3)15(5)19(17)23-21(22)24-20-16(6)14(4)10-12-18(20)8-2/h9-12H,7-8H2,1-6H3. The Kier molecular flexibility index (Phi) is 5.66. The van der Waals surface area contributed by atoms with Crippen molar-refractivity contribution in [2.45, 2.75) is 54.4 Å². The second-order valence-corrected chi connectivity index (χ2v) is 6.15. The van der Waals surface area contributed by atoms with Gasteiger partial charge in [0.05, 0.1) is 0 Å². The summed E-state index contributed by atoms with van der Waals surface area (Å²) in [5.41, 5.74) is 6.15. The van der Waals surface area contributed by atoms with Gasteiger partial charge >= 0.3 is 6.16 Å². The van der Waals surface area contributed by atoms with Gasteiger partial charge in [0.15, 0.2) is 0 Å². The monoisotopic (exact) mass is 326 g/mol. The number of carbonyl (C=O) groups excluding carboxylic acids is 1. The van der Waals surface area contributed by atoms with Crippen molar-refractivity contribution in [3.63, 3.8) is 0 Å². The van der Waals surface area contributed by atoms with E-state index < -0.39 is 6.16 Å². The van der Waals surface area contributed by atoms with Gasteiger partial charge in [-0.3, -0.25) is 0 Å².